The molecule has 3 aromatic rings. The van der Waals surface area contributed by atoms with Gasteiger partial charge in [0, 0.05) is 37.5 Å². The maximum atomic E-state index is 12.6. The average molecular weight is 406 g/mol. The molecule has 1 fully saturated rings. The van der Waals surface area contributed by atoms with E-state index in [0.29, 0.717) is 36.7 Å². The zero-order valence-electron chi connectivity index (χ0n) is 15.6. The van der Waals surface area contributed by atoms with E-state index in [-0.39, 0.29) is 1.43 Å². The van der Waals surface area contributed by atoms with Gasteiger partial charge in [0.2, 0.25) is 5.91 Å². The number of rotatable bonds is 4. The Balaban J connectivity index is 0.00000256. The quantitative estimate of drug-likeness (QED) is 0.694. The van der Waals surface area contributed by atoms with Crippen LogP contribution in [0, 0.1) is 0 Å². The van der Waals surface area contributed by atoms with Gasteiger partial charge in [-0.25, -0.2) is 15.0 Å². The molecular formula is C19H21F3N6O. The fraction of sp³-hybridized carbons (Fsp3) is 0.368. The molecule has 2 N–H and O–H groups in total. The zero-order valence-corrected chi connectivity index (χ0v) is 15.6. The average Bonchev–Trinajstić information content (AvgIpc) is 3.30. The first-order chi connectivity index (χ1) is 13.8. The van der Waals surface area contributed by atoms with E-state index in [2.05, 4.69) is 19.9 Å². The molecule has 0 radical (unpaired) electrons. The number of alkyl halides is 3. The number of aromatic nitrogens is 4. The highest BCUT2D eigenvalue weighted by atomic mass is 19.4. The predicted octanol–water partition coefficient (Wildman–Crippen LogP) is 3.30. The number of nitrogens with zero attached hydrogens (tertiary/aromatic N) is 4. The molecule has 4 rings (SSSR count). The van der Waals surface area contributed by atoms with E-state index < -0.39 is 24.2 Å². The van der Waals surface area contributed by atoms with Gasteiger partial charge < -0.3 is 15.2 Å². The Morgan fingerprint density at radius 1 is 1.34 bits per heavy atom. The Bertz CT molecular complexity index is 1060. The topological polar surface area (TPSA) is 86.8 Å². The molecule has 154 valence electrons. The second kappa shape index (κ2) is 7.02. The van der Waals surface area contributed by atoms with Crippen molar-refractivity contribution in [2.75, 3.05) is 18.0 Å². The number of fused-ring (bicyclic) bond motifs is 1. The molecule has 1 aliphatic heterocycles. The first-order valence-electron chi connectivity index (χ1n) is 9.16. The van der Waals surface area contributed by atoms with Gasteiger partial charge in [0.05, 0.1) is 0 Å². The summed E-state index contributed by atoms with van der Waals surface area (Å²) in [7, 11) is 0. The summed E-state index contributed by atoms with van der Waals surface area (Å²) >= 11 is 0. The number of hydrogen-bond donors (Lipinski definition) is 2. The number of anilines is 1. The number of amides is 1. The highest BCUT2D eigenvalue weighted by molar-refractivity contribution is 5.92. The first-order valence-corrected chi connectivity index (χ1v) is 9.16. The smallest absolute Gasteiger partial charge is 0.345 e. The van der Waals surface area contributed by atoms with Crippen molar-refractivity contribution in [3.05, 3.63) is 36.8 Å². The summed E-state index contributed by atoms with van der Waals surface area (Å²) in [6.45, 7) is 0.803. The van der Waals surface area contributed by atoms with Crippen molar-refractivity contribution in [3.63, 3.8) is 0 Å². The standard InChI is InChI=1S/C19H19F3N6O.H2/c1-18(17(29)26-11-19(20,21)22)6-3-9-28(18)14-5-8-24-16(27-14)13-10-25-15-12(13)4-2-7-23-15;/h2,4-5,7-8,10H,3,6,9,11H2,1H3,(H,23,25)(H,26,29);1H/t18-;/m1./s1. The van der Waals surface area contributed by atoms with Gasteiger partial charge in [-0.2, -0.15) is 13.2 Å². The number of aromatic amines is 1. The molecule has 0 unspecified atom stereocenters. The third-order valence-corrected chi connectivity index (χ3v) is 5.19. The fourth-order valence-corrected chi connectivity index (χ4v) is 3.71. The molecule has 7 nitrogen and oxygen atoms in total. The van der Waals surface area contributed by atoms with Crippen LogP contribution in [0.1, 0.15) is 21.2 Å². The van der Waals surface area contributed by atoms with Crippen molar-refractivity contribution in [1.82, 2.24) is 25.3 Å². The van der Waals surface area contributed by atoms with Gasteiger partial charge in [-0.1, -0.05) is 0 Å². The van der Waals surface area contributed by atoms with Crippen LogP contribution in [-0.2, 0) is 4.79 Å². The van der Waals surface area contributed by atoms with Crippen LogP contribution >= 0.6 is 0 Å². The third-order valence-electron chi connectivity index (χ3n) is 5.19. The van der Waals surface area contributed by atoms with Crippen LogP contribution < -0.4 is 10.2 Å². The highest BCUT2D eigenvalue weighted by Crippen LogP contribution is 2.34. The normalized spacial score (nSPS) is 19.7. The maximum absolute atomic E-state index is 12.6. The van der Waals surface area contributed by atoms with Gasteiger partial charge in [-0.15, -0.1) is 0 Å². The maximum Gasteiger partial charge on any atom is 0.405 e. The Hall–Kier alpha value is -3.17. The predicted molar refractivity (Wildman–Crippen MR) is 103 cm³/mol. The third kappa shape index (κ3) is 3.62. The summed E-state index contributed by atoms with van der Waals surface area (Å²) < 4.78 is 37.6. The summed E-state index contributed by atoms with van der Waals surface area (Å²) in [4.78, 5) is 30.6. The van der Waals surface area contributed by atoms with E-state index >= 15 is 0 Å². The molecule has 0 aliphatic carbocycles. The Kier molecular flexibility index (Phi) is 4.64. The van der Waals surface area contributed by atoms with E-state index in [9.17, 15) is 18.0 Å². The molecule has 4 heterocycles. The van der Waals surface area contributed by atoms with E-state index in [1.165, 1.54) is 0 Å². The van der Waals surface area contributed by atoms with Crippen molar-refractivity contribution in [3.8, 4) is 11.4 Å². The van der Waals surface area contributed by atoms with Crippen LogP contribution in [0.4, 0.5) is 19.0 Å². The first kappa shape index (κ1) is 19.2. The molecule has 0 bridgehead atoms. The van der Waals surface area contributed by atoms with Crippen molar-refractivity contribution in [2.24, 2.45) is 0 Å². The fourth-order valence-electron chi connectivity index (χ4n) is 3.71. The Labute approximate surface area is 165 Å². The van der Waals surface area contributed by atoms with Gasteiger partial charge >= 0.3 is 6.18 Å². The van der Waals surface area contributed by atoms with Crippen LogP contribution in [0.3, 0.4) is 0 Å². The Morgan fingerprint density at radius 2 is 2.17 bits per heavy atom. The van der Waals surface area contributed by atoms with Crippen LogP contribution in [0.15, 0.2) is 36.8 Å². The molecule has 10 heteroatoms. The molecule has 1 saturated heterocycles. The molecular weight excluding hydrogens is 385 g/mol. The summed E-state index contributed by atoms with van der Waals surface area (Å²) in [6, 6.07) is 5.37. The summed E-state index contributed by atoms with van der Waals surface area (Å²) in [5.74, 6) is 0.283. The molecule has 1 aliphatic rings. The second-order valence-corrected chi connectivity index (χ2v) is 7.17. The van der Waals surface area contributed by atoms with E-state index in [1.54, 1.807) is 36.5 Å². The van der Waals surface area contributed by atoms with Crippen molar-refractivity contribution < 1.29 is 19.4 Å². The van der Waals surface area contributed by atoms with Crippen LogP contribution in [-0.4, -0.2) is 50.6 Å². The van der Waals surface area contributed by atoms with Gasteiger partial charge in [0.1, 0.15) is 23.5 Å². The molecule has 0 spiro atoms. The molecule has 0 saturated carbocycles. The summed E-state index contributed by atoms with van der Waals surface area (Å²) in [5.41, 5.74) is 0.352. The van der Waals surface area contributed by atoms with Crippen LogP contribution in [0.2, 0.25) is 0 Å². The largest absolute Gasteiger partial charge is 0.405 e. The minimum atomic E-state index is -4.46. The highest BCUT2D eigenvalue weighted by Gasteiger charge is 2.45. The van der Waals surface area contributed by atoms with E-state index in [4.69, 9.17) is 0 Å². The van der Waals surface area contributed by atoms with Gasteiger partial charge in [-0.3, -0.25) is 4.79 Å². The minimum absolute atomic E-state index is 0. The zero-order chi connectivity index (χ0) is 20.6. The van der Waals surface area contributed by atoms with Crippen molar-refractivity contribution in [1.29, 1.82) is 0 Å². The molecule has 1 amide bonds. The summed E-state index contributed by atoms with van der Waals surface area (Å²) in [5, 5.41) is 2.87. The number of H-pyrrole nitrogens is 1. The van der Waals surface area contributed by atoms with Crippen molar-refractivity contribution >= 4 is 22.8 Å². The number of nitrogens with one attached hydrogen (secondary N) is 2. The molecule has 29 heavy (non-hydrogen) atoms. The summed E-state index contributed by atoms with van der Waals surface area (Å²) in [6.07, 6.45) is 1.67. The van der Waals surface area contributed by atoms with Gasteiger partial charge in [-0.05, 0) is 38.0 Å². The second-order valence-electron chi connectivity index (χ2n) is 7.17. The van der Waals surface area contributed by atoms with Gasteiger partial charge in [0.25, 0.3) is 0 Å². The molecule has 1 atom stereocenters. The lowest BCUT2D eigenvalue weighted by atomic mass is 9.97. The monoisotopic (exact) mass is 406 g/mol. The molecule has 3 aromatic heterocycles. The van der Waals surface area contributed by atoms with E-state index in [0.717, 1.165) is 10.9 Å². The minimum Gasteiger partial charge on any atom is -0.345 e. The number of hydrogen-bond acceptors (Lipinski definition) is 5. The lowest BCUT2D eigenvalue weighted by Crippen LogP contribution is -2.55. The number of halogens is 3. The number of carbonyl (C=O) groups excluding carboxylic acids is 1. The molecule has 0 aromatic carbocycles. The lowest BCUT2D eigenvalue weighted by Gasteiger charge is -2.35. The van der Waals surface area contributed by atoms with E-state index in [1.807, 2.05) is 17.4 Å². The number of pyridine rings is 1. The van der Waals surface area contributed by atoms with Crippen molar-refractivity contribution in [2.45, 2.75) is 31.5 Å². The Morgan fingerprint density at radius 3 is 2.97 bits per heavy atom. The number of carbonyl (C=O) groups is 1. The van der Waals surface area contributed by atoms with Gasteiger partial charge in [0.15, 0.2) is 5.82 Å². The SMILES string of the molecule is C[C@]1(C(=O)NCC(F)(F)F)CCCN1c1ccnc(-c2c[nH]c3ncccc23)n1.[HH]. The van der Waals surface area contributed by atoms with Crippen LogP contribution in [0.25, 0.3) is 22.4 Å². The lowest BCUT2D eigenvalue weighted by molar-refractivity contribution is -0.141. The van der Waals surface area contributed by atoms with Crippen LogP contribution in [0.5, 0.6) is 0 Å².